The number of ether oxygens (including phenoxy) is 2. The van der Waals surface area contributed by atoms with Crippen molar-refractivity contribution in [3.8, 4) is 0 Å². The Hall–Kier alpha value is -2.30. The van der Waals surface area contributed by atoms with Gasteiger partial charge in [0.05, 0.1) is 25.7 Å². The molecule has 0 aromatic heterocycles. The van der Waals surface area contributed by atoms with Crippen LogP contribution in [0.15, 0.2) is 18.2 Å². The summed E-state index contributed by atoms with van der Waals surface area (Å²) in [6.07, 6.45) is 3.57. The summed E-state index contributed by atoms with van der Waals surface area (Å²) in [7, 11) is 1.32. The van der Waals surface area contributed by atoms with Crippen LogP contribution in [0.25, 0.3) is 6.08 Å². The topological polar surface area (TPSA) is 78.6 Å². The molecule has 0 fully saturated rings. The maximum Gasteiger partial charge on any atom is 0.338 e. The summed E-state index contributed by atoms with van der Waals surface area (Å²) < 4.78 is 9.52. The first-order chi connectivity index (χ1) is 9.49. The average molecular weight is 277 g/mol. The zero-order valence-electron chi connectivity index (χ0n) is 11.9. The lowest BCUT2D eigenvalue weighted by molar-refractivity contribution is -0.142. The molecule has 0 aliphatic heterocycles. The van der Waals surface area contributed by atoms with Crippen LogP contribution in [-0.2, 0) is 14.3 Å². The van der Waals surface area contributed by atoms with Gasteiger partial charge >= 0.3 is 11.9 Å². The number of carbonyl (C=O) groups excluding carboxylic acids is 2. The third-order valence-corrected chi connectivity index (χ3v) is 2.78. The maximum absolute atomic E-state index is 11.6. The fourth-order valence-corrected chi connectivity index (χ4v) is 1.69. The highest BCUT2D eigenvalue weighted by molar-refractivity contribution is 5.93. The molecule has 0 spiro atoms. The van der Waals surface area contributed by atoms with E-state index in [4.69, 9.17) is 15.2 Å². The minimum absolute atomic E-state index is 0.176. The lowest BCUT2D eigenvalue weighted by atomic mass is 10.0. The Morgan fingerprint density at radius 2 is 2.05 bits per heavy atom. The predicted molar refractivity (Wildman–Crippen MR) is 77.2 cm³/mol. The number of hydrogen-bond acceptors (Lipinski definition) is 5. The van der Waals surface area contributed by atoms with Gasteiger partial charge in [-0.15, -0.1) is 0 Å². The molecule has 0 heterocycles. The summed E-state index contributed by atoms with van der Waals surface area (Å²) in [6.45, 7) is 3.87. The Balaban J connectivity index is 2.91. The van der Waals surface area contributed by atoms with Crippen LogP contribution in [0.2, 0.25) is 0 Å². The van der Waals surface area contributed by atoms with Crippen molar-refractivity contribution < 1.29 is 19.1 Å². The van der Waals surface area contributed by atoms with Crippen LogP contribution in [0.3, 0.4) is 0 Å². The van der Waals surface area contributed by atoms with E-state index >= 15 is 0 Å². The predicted octanol–water partition coefficient (Wildman–Crippen LogP) is 2.33. The van der Waals surface area contributed by atoms with Crippen LogP contribution in [0.1, 0.15) is 34.8 Å². The second-order valence-corrected chi connectivity index (χ2v) is 4.19. The molecule has 0 aliphatic carbocycles. The Bertz CT molecular complexity index is 535. The van der Waals surface area contributed by atoms with E-state index in [0.717, 1.165) is 5.56 Å². The molecule has 1 aromatic rings. The third kappa shape index (κ3) is 4.12. The molecule has 2 N–H and O–H groups in total. The van der Waals surface area contributed by atoms with Crippen molar-refractivity contribution in [2.24, 2.45) is 0 Å². The summed E-state index contributed by atoms with van der Waals surface area (Å²) >= 11 is 0. The van der Waals surface area contributed by atoms with Gasteiger partial charge in [-0.25, -0.2) is 4.79 Å². The van der Waals surface area contributed by atoms with E-state index in [2.05, 4.69) is 0 Å². The maximum atomic E-state index is 11.6. The van der Waals surface area contributed by atoms with Crippen molar-refractivity contribution in [2.45, 2.75) is 20.3 Å². The van der Waals surface area contributed by atoms with Gasteiger partial charge in [0.1, 0.15) is 0 Å². The molecule has 0 saturated carbocycles. The first kappa shape index (κ1) is 15.8. The molecular weight excluding hydrogens is 258 g/mol. The van der Waals surface area contributed by atoms with Gasteiger partial charge in [-0.2, -0.15) is 0 Å². The summed E-state index contributed by atoms with van der Waals surface area (Å²) in [5, 5.41) is 0. The molecule has 0 radical (unpaired) electrons. The van der Waals surface area contributed by atoms with Crippen molar-refractivity contribution in [1.29, 1.82) is 0 Å². The molecule has 1 aromatic carbocycles. The monoisotopic (exact) mass is 277 g/mol. The number of anilines is 1. The Morgan fingerprint density at radius 3 is 2.65 bits per heavy atom. The lowest BCUT2D eigenvalue weighted by Crippen LogP contribution is -2.06. The highest BCUT2D eigenvalue weighted by Gasteiger charge is 2.12. The first-order valence-corrected chi connectivity index (χ1v) is 6.30. The van der Waals surface area contributed by atoms with Gasteiger partial charge in [0, 0.05) is 5.69 Å². The first-order valence-electron chi connectivity index (χ1n) is 6.30. The zero-order valence-corrected chi connectivity index (χ0v) is 11.9. The number of benzene rings is 1. The van der Waals surface area contributed by atoms with Gasteiger partial charge < -0.3 is 15.2 Å². The van der Waals surface area contributed by atoms with Crippen molar-refractivity contribution in [3.63, 3.8) is 0 Å². The summed E-state index contributed by atoms with van der Waals surface area (Å²) in [4.78, 5) is 22.8. The number of nitrogen functional groups attached to an aromatic ring is 1. The average Bonchev–Trinajstić information content (AvgIpc) is 2.42. The molecule has 0 saturated heterocycles. The largest absolute Gasteiger partial charge is 0.466 e. The summed E-state index contributed by atoms with van der Waals surface area (Å²) in [6, 6.07) is 3.42. The van der Waals surface area contributed by atoms with E-state index in [1.807, 2.05) is 0 Å². The number of hydrogen-bond donors (Lipinski definition) is 1. The SMILES string of the molecule is CCOC(=O)CC=Cc1cc(N)c(C)c(C(=O)OC)c1. The quantitative estimate of drug-likeness (QED) is 0.660. The third-order valence-electron chi connectivity index (χ3n) is 2.78. The van der Waals surface area contributed by atoms with Gasteiger partial charge in [0.25, 0.3) is 0 Å². The van der Waals surface area contributed by atoms with Gasteiger partial charge in [0.2, 0.25) is 0 Å². The molecule has 0 atom stereocenters. The minimum Gasteiger partial charge on any atom is -0.466 e. The molecule has 0 aliphatic rings. The minimum atomic E-state index is -0.435. The van der Waals surface area contributed by atoms with Crippen LogP contribution < -0.4 is 5.73 Å². The van der Waals surface area contributed by atoms with Crippen LogP contribution in [0.4, 0.5) is 5.69 Å². The molecule has 20 heavy (non-hydrogen) atoms. The fraction of sp³-hybridized carbons (Fsp3) is 0.333. The Labute approximate surface area is 118 Å². The second-order valence-electron chi connectivity index (χ2n) is 4.19. The van der Waals surface area contributed by atoms with E-state index in [9.17, 15) is 9.59 Å². The molecular formula is C15H19NO4. The summed E-state index contributed by atoms with van der Waals surface area (Å²) in [5.41, 5.74) is 8.20. The van der Waals surface area contributed by atoms with E-state index in [1.54, 1.807) is 38.1 Å². The summed E-state index contributed by atoms with van der Waals surface area (Å²) in [5.74, 6) is -0.730. The van der Waals surface area contributed by atoms with E-state index in [0.29, 0.717) is 23.4 Å². The van der Waals surface area contributed by atoms with Crippen LogP contribution >= 0.6 is 0 Å². The number of nitrogens with two attached hydrogens (primary N) is 1. The van der Waals surface area contributed by atoms with Crippen molar-refractivity contribution in [1.82, 2.24) is 0 Å². The number of carbonyl (C=O) groups is 2. The Kier molecular flexibility index (Phi) is 5.77. The standard InChI is InChI=1S/C15H19NO4/c1-4-20-14(17)7-5-6-11-8-12(15(18)19-3)10(2)13(16)9-11/h5-6,8-9H,4,7,16H2,1-3H3. The molecule has 5 heteroatoms. The van der Waals surface area contributed by atoms with Crippen molar-refractivity contribution in [3.05, 3.63) is 34.9 Å². The van der Waals surface area contributed by atoms with Gasteiger partial charge in [0.15, 0.2) is 0 Å². The highest BCUT2D eigenvalue weighted by atomic mass is 16.5. The van der Waals surface area contributed by atoms with E-state index in [1.165, 1.54) is 7.11 Å². The van der Waals surface area contributed by atoms with Gasteiger partial charge in [-0.3, -0.25) is 4.79 Å². The smallest absolute Gasteiger partial charge is 0.338 e. The molecule has 0 unspecified atom stereocenters. The Morgan fingerprint density at radius 1 is 1.35 bits per heavy atom. The molecule has 0 amide bonds. The second kappa shape index (κ2) is 7.33. The molecule has 5 nitrogen and oxygen atoms in total. The van der Waals surface area contributed by atoms with Crippen molar-refractivity contribution in [2.75, 3.05) is 19.5 Å². The van der Waals surface area contributed by atoms with Crippen LogP contribution in [-0.4, -0.2) is 25.7 Å². The number of esters is 2. The fourth-order valence-electron chi connectivity index (χ4n) is 1.69. The normalized spacial score (nSPS) is 10.6. The van der Waals surface area contributed by atoms with E-state index in [-0.39, 0.29) is 12.4 Å². The zero-order chi connectivity index (χ0) is 15.1. The highest BCUT2D eigenvalue weighted by Crippen LogP contribution is 2.21. The van der Waals surface area contributed by atoms with Gasteiger partial charge in [-0.1, -0.05) is 12.2 Å². The molecule has 1 rings (SSSR count). The van der Waals surface area contributed by atoms with Crippen LogP contribution in [0.5, 0.6) is 0 Å². The van der Waals surface area contributed by atoms with Gasteiger partial charge in [-0.05, 0) is 37.1 Å². The number of rotatable bonds is 5. The molecule has 0 bridgehead atoms. The lowest BCUT2D eigenvalue weighted by Gasteiger charge is -2.08. The number of methoxy groups -OCH3 is 1. The molecule has 108 valence electrons. The van der Waals surface area contributed by atoms with Crippen molar-refractivity contribution >= 4 is 23.7 Å². The van der Waals surface area contributed by atoms with E-state index < -0.39 is 5.97 Å². The van der Waals surface area contributed by atoms with Crippen LogP contribution in [0, 0.1) is 6.92 Å².